The zero-order valence-corrected chi connectivity index (χ0v) is 11.7. The van der Waals surface area contributed by atoms with E-state index in [2.05, 4.69) is 20.0 Å². The predicted molar refractivity (Wildman–Crippen MR) is 79.6 cm³/mol. The highest BCUT2D eigenvalue weighted by atomic mass is 16.5. The van der Waals surface area contributed by atoms with E-state index in [9.17, 15) is 0 Å². The average molecular weight is 287 g/mol. The molecule has 0 bridgehead atoms. The normalized spacial score (nSPS) is 20.0. The molecular formula is C14H17N5O2. The van der Waals surface area contributed by atoms with Crippen molar-refractivity contribution in [3.8, 4) is 0 Å². The molecule has 0 aliphatic carbocycles. The van der Waals surface area contributed by atoms with Gasteiger partial charge < -0.3 is 20.6 Å². The van der Waals surface area contributed by atoms with Gasteiger partial charge in [-0.1, -0.05) is 17.3 Å². The van der Waals surface area contributed by atoms with Crippen LogP contribution in [-0.2, 0) is 4.74 Å². The molecule has 1 aliphatic heterocycles. The van der Waals surface area contributed by atoms with Crippen molar-refractivity contribution < 1.29 is 9.94 Å². The number of benzene rings is 1. The van der Waals surface area contributed by atoms with Gasteiger partial charge >= 0.3 is 0 Å². The number of oxime groups is 1. The number of hydrogen-bond donors (Lipinski definition) is 2. The Balaban J connectivity index is 1.94. The maximum absolute atomic E-state index is 8.78. The number of aromatic nitrogens is 2. The Morgan fingerprint density at radius 1 is 1.38 bits per heavy atom. The molecule has 0 radical (unpaired) electrons. The lowest BCUT2D eigenvalue weighted by Crippen LogP contribution is -2.49. The lowest BCUT2D eigenvalue weighted by Gasteiger charge is -2.33. The molecule has 1 saturated heterocycles. The fourth-order valence-electron chi connectivity index (χ4n) is 2.46. The van der Waals surface area contributed by atoms with E-state index in [0.717, 1.165) is 22.5 Å². The third kappa shape index (κ3) is 2.59. The molecule has 1 fully saturated rings. The molecule has 7 heteroatoms. The van der Waals surface area contributed by atoms with Gasteiger partial charge in [-0.05, 0) is 19.1 Å². The largest absolute Gasteiger partial charge is 0.409 e. The van der Waals surface area contributed by atoms with Crippen LogP contribution < -0.4 is 10.6 Å². The van der Waals surface area contributed by atoms with E-state index in [1.807, 2.05) is 31.2 Å². The number of rotatable bonds is 2. The molecule has 110 valence electrons. The van der Waals surface area contributed by atoms with Crippen molar-refractivity contribution in [2.45, 2.75) is 13.0 Å². The number of fused-ring (bicyclic) bond motifs is 1. The fourth-order valence-corrected chi connectivity index (χ4v) is 2.46. The second-order valence-corrected chi connectivity index (χ2v) is 4.95. The van der Waals surface area contributed by atoms with Gasteiger partial charge in [0.2, 0.25) is 0 Å². The highest BCUT2D eigenvalue weighted by Gasteiger charge is 2.26. The molecule has 3 rings (SSSR count). The third-order valence-corrected chi connectivity index (χ3v) is 3.53. The molecule has 1 aliphatic rings. The first kappa shape index (κ1) is 13.6. The maximum Gasteiger partial charge on any atom is 0.170 e. The van der Waals surface area contributed by atoms with Crippen LogP contribution in [0.3, 0.4) is 0 Å². The molecule has 7 nitrogen and oxygen atoms in total. The van der Waals surface area contributed by atoms with Crippen LogP contribution in [0, 0.1) is 6.92 Å². The summed E-state index contributed by atoms with van der Waals surface area (Å²) in [7, 11) is 0. The highest BCUT2D eigenvalue weighted by molar-refractivity contribution is 5.85. The summed E-state index contributed by atoms with van der Waals surface area (Å²) in [6, 6.07) is 7.76. The first-order valence-electron chi connectivity index (χ1n) is 6.76. The third-order valence-electron chi connectivity index (χ3n) is 3.53. The Morgan fingerprint density at radius 3 is 2.81 bits per heavy atom. The quantitative estimate of drug-likeness (QED) is 0.368. The topological polar surface area (TPSA) is 96.9 Å². The van der Waals surface area contributed by atoms with E-state index < -0.39 is 6.10 Å². The molecule has 1 aromatic carbocycles. The van der Waals surface area contributed by atoms with Crippen LogP contribution in [0.15, 0.2) is 29.4 Å². The molecule has 0 amide bonds. The van der Waals surface area contributed by atoms with Crippen molar-refractivity contribution in [2.75, 3.05) is 24.6 Å². The van der Waals surface area contributed by atoms with Gasteiger partial charge in [0, 0.05) is 6.54 Å². The Labute approximate surface area is 122 Å². The number of hydrogen-bond acceptors (Lipinski definition) is 6. The van der Waals surface area contributed by atoms with Crippen LogP contribution in [0.1, 0.15) is 5.69 Å². The van der Waals surface area contributed by atoms with E-state index in [0.29, 0.717) is 19.7 Å². The van der Waals surface area contributed by atoms with Crippen molar-refractivity contribution in [2.24, 2.45) is 10.9 Å². The Bertz CT molecular complexity index is 688. The smallest absolute Gasteiger partial charge is 0.170 e. The number of ether oxygens (including phenoxy) is 1. The zero-order valence-electron chi connectivity index (χ0n) is 11.7. The van der Waals surface area contributed by atoms with Crippen LogP contribution in [-0.4, -0.2) is 46.8 Å². The van der Waals surface area contributed by atoms with Crippen molar-refractivity contribution in [3.05, 3.63) is 30.0 Å². The van der Waals surface area contributed by atoms with Gasteiger partial charge in [-0.15, -0.1) is 0 Å². The van der Waals surface area contributed by atoms with Crippen LogP contribution in [0.2, 0.25) is 0 Å². The molecule has 2 aromatic rings. The summed E-state index contributed by atoms with van der Waals surface area (Å²) in [4.78, 5) is 11.3. The Hall–Kier alpha value is -2.41. The second-order valence-electron chi connectivity index (χ2n) is 4.95. The molecule has 21 heavy (non-hydrogen) atoms. The first-order chi connectivity index (χ1) is 10.2. The number of amidine groups is 1. The van der Waals surface area contributed by atoms with Crippen molar-refractivity contribution in [3.63, 3.8) is 0 Å². The summed E-state index contributed by atoms with van der Waals surface area (Å²) in [5.41, 5.74) is 8.21. The summed E-state index contributed by atoms with van der Waals surface area (Å²) in [6.45, 7) is 3.62. The summed E-state index contributed by atoms with van der Waals surface area (Å²) in [5, 5.41) is 11.8. The maximum atomic E-state index is 8.78. The number of nitrogens with two attached hydrogens (primary N) is 1. The molecule has 2 heterocycles. The van der Waals surface area contributed by atoms with Crippen LogP contribution in [0.5, 0.6) is 0 Å². The summed E-state index contributed by atoms with van der Waals surface area (Å²) in [5.74, 6) is 0.888. The second kappa shape index (κ2) is 5.53. The lowest BCUT2D eigenvalue weighted by atomic mass is 10.2. The number of para-hydroxylation sites is 2. The highest BCUT2D eigenvalue weighted by Crippen LogP contribution is 2.22. The van der Waals surface area contributed by atoms with Gasteiger partial charge in [-0.2, -0.15) is 0 Å². The number of morpholine rings is 1. The average Bonchev–Trinajstić information content (AvgIpc) is 2.53. The van der Waals surface area contributed by atoms with E-state index >= 15 is 0 Å². The van der Waals surface area contributed by atoms with Crippen LogP contribution in [0.4, 0.5) is 5.82 Å². The van der Waals surface area contributed by atoms with Crippen molar-refractivity contribution >= 4 is 22.7 Å². The molecule has 1 aromatic heterocycles. The van der Waals surface area contributed by atoms with Gasteiger partial charge in [-0.3, -0.25) is 0 Å². The number of nitrogens with zero attached hydrogens (tertiary/aromatic N) is 4. The van der Waals surface area contributed by atoms with E-state index in [1.54, 1.807) is 0 Å². The monoisotopic (exact) mass is 287 g/mol. The lowest BCUT2D eigenvalue weighted by molar-refractivity contribution is 0.0803. The van der Waals surface area contributed by atoms with Crippen LogP contribution >= 0.6 is 0 Å². The van der Waals surface area contributed by atoms with Gasteiger partial charge in [0.15, 0.2) is 11.7 Å². The van der Waals surface area contributed by atoms with Gasteiger partial charge in [0.1, 0.15) is 6.10 Å². The van der Waals surface area contributed by atoms with Gasteiger partial charge in [0.05, 0.1) is 29.9 Å². The van der Waals surface area contributed by atoms with E-state index in [4.69, 9.17) is 15.7 Å². The zero-order chi connectivity index (χ0) is 14.8. The summed E-state index contributed by atoms with van der Waals surface area (Å²) >= 11 is 0. The SMILES string of the molecule is Cc1nc2ccccc2nc1N1CCOC(C(N)=NO)C1. The molecule has 1 unspecified atom stereocenters. The van der Waals surface area contributed by atoms with E-state index in [-0.39, 0.29) is 5.84 Å². The Morgan fingerprint density at radius 2 is 2.10 bits per heavy atom. The standard InChI is InChI=1S/C14H17N5O2/c1-9-14(17-11-5-3-2-4-10(11)16-9)19-6-7-21-12(8-19)13(15)18-20/h2-5,12,20H,6-8H2,1H3,(H2,15,18). The predicted octanol–water partition coefficient (Wildman–Crippen LogP) is 0.890. The molecule has 3 N–H and O–H groups in total. The minimum absolute atomic E-state index is 0.0751. The van der Waals surface area contributed by atoms with Crippen LogP contribution in [0.25, 0.3) is 11.0 Å². The molecular weight excluding hydrogens is 270 g/mol. The minimum atomic E-state index is -0.434. The van der Waals surface area contributed by atoms with E-state index in [1.165, 1.54) is 0 Å². The van der Waals surface area contributed by atoms with Crippen molar-refractivity contribution in [1.82, 2.24) is 9.97 Å². The number of anilines is 1. The summed E-state index contributed by atoms with van der Waals surface area (Å²) in [6.07, 6.45) is -0.434. The van der Waals surface area contributed by atoms with Crippen molar-refractivity contribution in [1.29, 1.82) is 0 Å². The molecule has 1 atom stereocenters. The van der Waals surface area contributed by atoms with Gasteiger partial charge in [0.25, 0.3) is 0 Å². The minimum Gasteiger partial charge on any atom is -0.409 e. The summed E-state index contributed by atoms with van der Waals surface area (Å²) < 4.78 is 5.50. The fraction of sp³-hybridized carbons (Fsp3) is 0.357. The molecule has 0 spiro atoms. The number of aryl methyl sites for hydroxylation is 1. The Kier molecular flexibility index (Phi) is 3.57. The van der Waals surface area contributed by atoms with Gasteiger partial charge in [-0.25, -0.2) is 9.97 Å². The molecule has 0 saturated carbocycles. The first-order valence-corrected chi connectivity index (χ1v) is 6.76.